The van der Waals surface area contributed by atoms with E-state index in [0.29, 0.717) is 0 Å². The average Bonchev–Trinajstić information content (AvgIpc) is 2.45. The number of hydrazone groups is 1. The average molecular weight is 216 g/mol. The summed E-state index contributed by atoms with van der Waals surface area (Å²) in [6.45, 7) is 5.74. The summed E-state index contributed by atoms with van der Waals surface area (Å²) in [5, 5.41) is 6.04. The van der Waals surface area contributed by atoms with Gasteiger partial charge in [0.05, 0.1) is 11.6 Å². The maximum atomic E-state index is 11.4. The highest BCUT2D eigenvalue weighted by Crippen LogP contribution is 2.20. The summed E-state index contributed by atoms with van der Waals surface area (Å²) >= 11 is 0. The molecule has 80 valence electrons. The molecule has 0 N–H and O–H groups in total. The SMILES string of the molecule is CS1=CC=NN1COC(=O)C(C)(C)C. The van der Waals surface area contributed by atoms with E-state index in [1.165, 1.54) is 0 Å². The van der Waals surface area contributed by atoms with Gasteiger partial charge in [-0.25, -0.2) is 4.41 Å². The van der Waals surface area contributed by atoms with Crippen LogP contribution in [0.5, 0.6) is 0 Å². The van der Waals surface area contributed by atoms with Crippen LogP contribution in [0.25, 0.3) is 0 Å². The molecule has 0 amide bonds. The summed E-state index contributed by atoms with van der Waals surface area (Å²) in [5.74, 6) is -0.198. The van der Waals surface area contributed by atoms with Gasteiger partial charge in [-0.15, -0.1) is 0 Å². The van der Waals surface area contributed by atoms with Crippen LogP contribution in [0.1, 0.15) is 20.8 Å². The maximum Gasteiger partial charge on any atom is 0.313 e. The van der Waals surface area contributed by atoms with Crippen molar-refractivity contribution < 1.29 is 9.53 Å². The van der Waals surface area contributed by atoms with Crippen molar-refractivity contribution in [3.8, 4) is 0 Å². The van der Waals surface area contributed by atoms with Gasteiger partial charge in [-0.1, -0.05) is 10.7 Å². The molecule has 1 atom stereocenters. The van der Waals surface area contributed by atoms with Crippen molar-refractivity contribution in [2.24, 2.45) is 10.5 Å². The Morgan fingerprint density at radius 1 is 1.57 bits per heavy atom. The first-order valence-corrected chi connectivity index (χ1v) is 6.03. The minimum atomic E-state index is -0.445. The number of ether oxygens (including phenoxy) is 1. The van der Waals surface area contributed by atoms with E-state index in [-0.39, 0.29) is 23.4 Å². The van der Waals surface area contributed by atoms with E-state index in [2.05, 4.69) is 5.10 Å². The number of esters is 1. The molecule has 1 rings (SSSR count). The van der Waals surface area contributed by atoms with Gasteiger partial charge in [0, 0.05) is 5.37 Å². The minimum Gasteiger partial charge on any atom is -0.441 e. The number of rotatable bonds is 2. The largest absolute Gasteiger partial charge is 0.441 e. The van der Waals surface area contributed by atoms with Gasteiger partial charge in [-0.2, -0.15) is 5.10 Å². The molecule has 0 aromatic rings. The summed E-state index contributed by atoms with van der Waals surface area (Å²) in [6.07, 6.45) is 3.76. The van der Waals surface area contributed by atoms with Crippen LogP contribution in [0.4, 0.5) is 0 Å². The molecule has 1 aliphatic heterocycles. The second-order valence-electron chi connectivity index (χ2n) is 4.09. The summed E-state index contributed by atoms with van der Waals surface area (Å²) in [6, 6.07) is 0. The first-order valence-electron chi connectivity index (χ1n) is 4.38. The van der Waals surface area contributed by atoms with Gasteiger partial charge in [0.1, 0.15) is 0 Å². The summed E-state index contributed by atoms with van der Waals surface area (Å²) < 4.78 is 6.87. The van der Waals surface area contributed by atoms with Crippen molar-refractivity contribution in [2.45, 2.75) is 20.8 Å². The van der Waals surface area contributed by atoms with Gasteiger partial charge in [0.25, 0.3) is 0 Å². The Labute approximate surface area is 87.0 Å². The van der Waals surface area contributed by atoms with E-state index in [1.54, 1.807) is 10.6 Å². The molecule has 0 aliphatic carbocycles. The topological polar surface area (TPSA) is 41.9 Å². The Kier molecular flexibility index (Phi) is 3.31. The molecule has 0 spiro atoms. The molecule has 0 fully saturated rings. The number of carbonyl (C=O) groups is 1. The molecular formula is C9H16N2O2S. The van der Waals surface area contributed by atoms with Crippen molar-refractivity contribution in [3.63, 3.8) is 0 Å². The normalized spacial score (nSPS) is 20.9. The molecule has 1 heterocycles. The molecule has 1 unspecified atom stereocenters. The molecule has 0 aromatic heterocycles. The predicted octanol–water partition coefficient (Wildman–Crippen LogP) is 1.45. The molecule has 4 nitrogen and oxygen atoms in total. The highest BCUT2D eigenvalue weighted by Gasteiger charge is 2.23. The van der Waals surface area contributed by atoms with Crippen molar-refractivity contribution in [1.82, 2.24) is 4.41 Å². The van der Waals surface area contributed by atoms with E-state index >= 15 is 0 Å². The highest BCUT2D eigenvalue weighted by molar-refractivity contribution is 8.13. The smallest absolute Gasteiger partial charge is 0.313 e. The van der Waals surface area contributed by atoms with Crippen LogP contribution < -0.4 is 0 Å². The van der Waals surface area contributed by atoms with E-state index in [0.717, 1.165) is 0 Å². The Morgan fingerprint density at radius 2 is 2.21 bits per heavy atom. The zero-order valence-corrected chi connectivity index (χ0v) is 9.80. The van der Waals surface area contributed by atoms with Crippen LogP contribution in [0.15, 0.2) is 5.10 Å². The first kappa shape index (κ1) is 11.2. The lowest BCUT2D eigenvalue weighted by Gasteiger charge is -2.20. The van der Waals surface area contributed by atoms with Crippen LogP contribution in [-0.4, -0.2) is 35.0 Å². The van der Waals surface area contributed by atoms with Crippen LogP contribution in [-0.2, 0) is 9.53 Å². The highest BCUT2D eigenvalue weighted by atomic mass is 32.2. The number of hydrogen-bond donors (Lipinski definition) is 0. The van der Waals surface area contributed by atoms with Crippen molar-refractivity contribution >= 4 is 28.2 Å². The second-order valence-corrected chi connectivity index (χ2v) is 5.83. The van der Waals surface area contributed by atoms with Gasteiger partial charge in [-0.3, -0.25) is 4.79 Å². The third kappa shape index (κ3) is 2.83. The third-order valence-corrected chi connectivity index (χ3v) is 3.08. The number of carbonyl (C=O) groups excluding carboxylic acids is 1. The zero-order valence-electron chi connectivity index (χ0n) is 8.98. The lowest BCUT2D eigenvalue weighted by molar-refractivity contribution is -0.155. The first-order chi connectivity index (χ1) is 6.41. The third-order valence-electron chi connectivity index (χ3n) is 1.70. The van der Waals surface area contributed by atoms with E-state index in [9.17, 15) is 4.79 Å². The molecule has 0 saturated carbocycles. The Balaban J connectivity index is 2.39. The summed E-state index contributed by atoms with van der Waals surface area (Å²) in [7, 11) is -0.0449. The van der Waals surface area contributed by atoms with Gasteiger partial charge in [-0.05, 0) is 27.0 Å². The van der Waals surface area contributed by atoms with Gasteiger partial charge < -0.3 is 4.74 Å². The van der Waals surface area contributed by atoms with Crippen molar-refractivity contribution in [3.05, 3.63) is 0 Å². The van der Waals surface area contributed by atoms with E-state index in [4.69, 9.17) is 4.74 Å². The molecule has 0 saturated heterocycles. The van der Waals surface area contributed by atoms with Crippen LogP contribution >= 0.6 is 10.7 Å². The Morgan fingerprint density at radius 3 is 2.64 bits per heavy atom. The van der Waals surface area contributed by atoms with E-state index in [1.807, 2.05) is 32.4 Å². The minimum absolute atomic E-state index is 0.0449. The fraction of sp³-hybridized carbons (Fsp3) is 0.667. The molecular weight excluding hydrogens is 200 g/mol. The monoisotopic (exact) mass is 216 g/mol. The fourth-order valence-corrected chi connectivity index (χ4v) is 1.57. The van der Waals surface area contributed by atoms with Crippen LogP contribution in [0.2, 0.25) is 0 Å². The van der Waals surface area contributed by atoms with Crippen molar-refractivity contribution in [1.29, 1.82) is 0 Å². The van der Waals surface area contributed by atoms with Crippen molar-refractivity contribution in [2.75, 3.05) is 13.0 Å². The second kappa shape index (κ2) is 4.13. The Bertz CT molecular complexity index is 292. The number of hydrogen-bond acceptors (Lipinski definition) is 4. The summed E-state index contributed by atoms with van der Waals surface area (Å²) in [5.41, 5.74) is -0.445. The van der Waals surface area contributed by atoms with E-state index < -0.39 is 5.41 Å². The lowest BCUT2D eigenvalue weighted by Crippen LogP contribution is -2.26. The standard InChI is InChI=1S/C9H16N2O2S/c1-9(2,3)8(12)13-7-11-10-5-6-14(11)4/h5-6H,7H2,1-4H3. The number of nitrogens with zero attached hydrogens (tertiary/aromatic N) is 2. The van der Waals surface area contributed by atoms with Crippen LogP contribution in [0.3, 0.4) is 0 Å². The summed E-state index contributed by atoms with van der Waals surface area (Å²) in [4.78, 5) is 11.4. The molecule has 0 aromatic carbocycles. The lowest BCUT2D eigenvalue weighted by atomic mass is 9.98. The molecule has 0 bridgehead atoms. The maximum absolute atomic E-state index is 11.4. The van der Waals surface area contributed by atoms with Gasteiger partial charge in [0.15, 0.2) is 6.73 Å². The van der Waals surface area contributed by atoms with Gasteiger partial charge in [0.2, 0.25) is 0 Å². The predicted molar refractivity (Wildman–Crippen MR) is 60.3 cm³/mol. The molecule has 1 aliphatic rings. The Hall–Kier alpha value is -0.840. The molecule has 5 heteroatoms. The van der Waals surface area contributed by atoms with Crippen LogP contribution in [0, 0.1) is 5.41 Å². The molecule has 14 heavy (non-hydrogen) atoms. The zero-order chi connectivity index (χ0) is 10.8. The fourth-order valence-electron chi connectivity index (χ4n) is 0.781. The molecule has 0 radical (unpaired) electrons. The van der Waals surface area contributed by atoms with Gasteiger partial charge >= 0.3 is 5.97 Å². The quantitative estimate of drug-likeness (QED) is 0.518.